The highest BCUT2D eigenvalue weighted by molar-refractivity contribution is 7.89. The number of benzene rings is 2. The SMILES string of the molecule is Cc1ccc(S(=O)(=O)N2CCC(NC(=O)c3c(C)[nH]c4ccccc34)CC2)cc1. The number of hydrogen-bond acceptors (Lipinski definition) is 3. The van der Waals surface area contributed by atoms with Gasteiger partial charge in [0.15, 0.2) is 0 Å². The van der Waals surface area contributed by atoms with E-state index in [2.05, 4.69) is 10.3 Å². The summed E-state index contributed by atoms with van der Waals surface area (Å²) in [6.45, 7) is 4.62. The Bertz CT molecular complexity index is 1140. The summed E-state index contributed by atoms with van der Waals surface area (Å²) in [5, 5.41) is 4.00. The maximum absolute atomic E-state index is 12.9. The van der Waals surface area contributed by atoms with E-state index in [-0.39, 0.29) is 11.9 Å². The Kier molecular flexibility index (Phi) is 5.19. The molecule has 1 aliphatic heterocycles. The molecule has 7 heteroatoms. The smallest absolute Gasteiger partial charge is 0.253 e. The van der Waals surface area contributed by atoms with Crippen LogP contribution in [0.25, 0.3) is 10.9 Å². The molecule has 2 heterocycles. The lowest BCUT2D eigenvalue weighted by atomic mass is 10.0. The molecule has 6 nitrogen and oxygen atoms in total. The van der Waals surface area contributed by atoms with Crippen molar-refractivity contribution < 1.29 is 13.2 Å². The van der Waals surface area contributed by atoms with Crippen molar-refractivity contribution in [2.24, 2.45) is 0 Å². The van der Waals surface area contributed by atoms with Crippen LogP contribution in [0.1, 0.15) is 34.5 Å². The molecule has 0 atom stereocenters. The molecule has 0 bridgehead atoms. The van der Waals surface area contributed by atoms with Gasteiger partial charge in [0.25, 0.3) is 5.91 Å². The molecule has 0 aliphatic carbocycles. The second kappa shape index (κ2) is 7.65. The number of hydrogen-bond donors (Lipinski definition) is 2. The van der Waals surface area contributed by atoms with Crippen LogP contribution in [-0.4, -0.2) is 42.7 Å². The molecular formula is C22H25N3O3S. The fourth-order valence-corrected chi connectivity index (χ4v) is 5.40. The van der Waals surface area contributed by atoms with E-state index >= 15 is 0 Å². The highest BCUT2D eigenvalue weighted by Crippen LogP contribution is 2.24. The summed E-state index contributed by atoms with van der Waals surface area (Å²) in [7, 11) is -3.49. The number of para-hydroxylation sites is 1. The number of nitrogens with zero attached hydrogens (tertiary/aromatic N) is 1. The summed E-state index contributed by atoms with van der Waals surface area (Å²) in [4.78, 5) is 16.4. The first-order valence-electron chi connectivity index (χ1n) is 9.81. The Labute approximate surface area is 171 Å². The van der Waals surface area contributed by atoms with Crippen LogP contribution in [0, 0.1) is 13.8 Å². The first-order valence-corrected chi connectivity index (χ1v) is 11.3. The minimum Gasteiger partial charge on any atom is -0.358 e. The van der Waals surface area contributed by atoms with Crippen molar-refractivity contribution in [3.05, 3.63) is 65.4 Å². The number of carbonyl (C=O) groups is 1. The predicted octanol–water partition coefficient (Wildman–Crippen LogP) is 3.37. The zero-order valence-electron chi connectivity index (χ0n) is 16.6. The number of fused-ring (bicyclic) bond motifs is 1. The van der Waals surface area contributed by atoms with Crippen LogP contribution in [0.5, 0.6) is 0 Å². The van der Waals surface area contributed by atoms with E-state index < -0.39 is 10.0 Å². The third-order valence-electron chi connectivity index (χ3n) is 5.57. The summed E-state index contributed by atoms with van der Waals surface area (Å²) in [6, 6.07) is 14.6. The van der Waals surface area contributed by atoms with Gasteiger partial charge < -0.3 is 10.3 Å². The molecule has 152 valence electrons. The van der Waals surface area contributed by atoms with E-state index in [4.69, 9.17) is 0 Å². The predicted molar refractivity (Wildman–Crippen MR) is 113 cm³/mol. The van der Waals surface area contributed by atoms with Gasteiger partial charge in [0, 0.05) is 35.7 Å². The molecule has 29 heavy (non-hydrogen) atoms. The van der Waals surface area contributed by atoms with Crippen LogP contribution in [-0.2, 0) is 10.0 Å². The molecule has 1 saturated heterocycles. The maximum atomic E-state index is 12.9. The van der Waals surface area contributed by atoms with Gasteiger partial charge in [-0.15, -0.1) is 0 Å². The zero-order valence-corrected chi connectivity index (χ0v) is 17.4. The van der Waals surface area contributed by atoms with Crippen LogP contribution in [0.2, 0.25) is 0 Å². The minimum absolute atomic E-state index is 0.0416. The molecule has 1 fully saturated rings. The largest absolute Gasteiger partial charge is 0.358 e. The number of aromatic nitrogens is 1. The van der Waals surface area contributed by atoms with Crippen molar-refractivity contribution in [1.29, 1.82) is 0 Å². The molecule has 0 saturated carbocycles. The lowest BCUT2D eigenvalue weighted by molar-refractivity contribution is 0.0925. The first-order chi connectivity index (χ1) is 13.9. The molecule has 0 radical (unpaired) electrons. The van der Waals surface area contributed by atoms with E-state index in [0.29, 0.717) is 36.4 Å². The third-order valence-corrected chi connectivity index (χ3v) is 7.48. The Morgan fingerprint density at radius 2 is 1.69 bits per heavy atom. The van der Waals surface area contributed by atoms with E-state index in [1.807, 2.05) is 50.2 Å². The van der Waals surface area contributed by atoms with Gasteiger partial charge in [-0.25, -0.2) is 8.42 Å². The molecule has 3 aromatic rings. The summed E-state index contributed by atoms with van der Waals surface area (Å²) in [5.74, 6) is -0.111. The number of carbonyl (C=O) groups excluding carboxylic acids is 1. The zero-order chi connectivity index (χ0) is 20.6. The first kappa shape index (κ1) is 19.7. The van der Waals surface area contributed by atoms with Gasteiger partial charge in [-0.2, -0.15) is 4.31 Å². The number of piperidine rings is 1. The van der Waals surface area contributed by atoms with Gasteiger partial charge in [-0.05, 0) is 44.9 Å². The minimum atomic E-state index is -3.49. The fourth-order valence-electron chi connectivity index (χ4n) is 3.93. The van der Waals surface area contributed by atoms with Gasteiger partial charge in [-0.3, -0.25) is 4.79 Å². The molecular weight excluding hydrogens is 386 g/mol. The Hall–Kier alpha value is -2.64. The number of H-pyrrole nitrogens is 1. The highest BCUT2D eigenvalue weighted by atomic mass is 32.2. The molecule has 2 aromatic carbocycles. The molecule has 1 amide bonds. The summed E-state index contributed by atoms with van der Waals surface area (Å²) in [5.41, 5.74) is 3.46. The molecule has 0 unspecified atom stereocenters. The molecule has 2 N–H and O–H groups in total. The van der Waals surface area contributed by atoms with Crippen LogP contribution in [0.3, 0.4) is 0 Å². The molecule has 4 rings (SSSR count). The number of nitrogens with one attached hydrogen (secondary N) is 2. The van der Waals surface area contributed by atoms with Gasteiger partial charge >= 0.3 is 0 Å². The van der Waals surface area contributed by atoms with Crippen molar-refractivity contribution in [3.63, 3.8) is 0 Å². The van der Waals surface area contributed by atoms with Gasteiger partial charge in [-0.1, -0.05) is 35.9 Å². The number of amides is 1. The lowest BCUT2D eigenvalue weighted by Crippen LogP contribution is -2.46. The van der Waals surface area contributed by atoms with Crippen LogP contribution in [0.15, 0.2) is 53.4 Å². The Morgan fingerprint density at radius 3 is 2.38 bits per heavy atom. The van der Waals surface area contributed by atoms with Crippen LogP contribution >= 0.6 is 0 Å². The van der Waals surface area contributed by atoms with Crippen molar-refractivity contribution in [2.75, 3.05) is 13.1 Å². The molecule has 1 aromatic heterocycles. The number of aryl methyl sites for hydroxylation is 2. The van der Waals surface area contributed by atoms with Crippen molar-refractivity contribution in [1.82, 2.24) is 14.6 Å². The maximum Gasteiger partial charge on any atom is 0.253 e. The van der Waals surface area contributed by atoms with Gasteiger partial charge in [0.2, 0.25) is 10.0 Å². The summed E-state index contributed by atoms with van der Waals surface area (Å²) >= 11 is 0. The van der Waals surface area contributed by atoms with Gasteiger partial charge in [0.05, 0.1) is 10.5 Å². The Morgan fingerprint density at radius 1 is 1.03 bits per heavy atom. The van der Waals surface area contributed by atoms with Crippen LogP contribution in [0.4, 0.5) is 0 Å². The second-order valence-corrected chi connectivity index (χ2v) is 9.57. The number of aromatic amines is 1. The average molecular weight is 412 g/mol. The van der Waals surface area contributed by atoms with E-state index in [1.54, 1.807) is 12.1 Å². The molecule has 1 aliphatic rings. The van der Waals surface area contributed by atoms with Crippen molar-refractivity contribution >= 4 is 26.8 Å². The van der Waals surface area contributed by atoms with Crippen molar-refractivity contribution in [2.45, 2.75) is 37.6 Å². The monoisotopic (exact) mass is 411 g/mol. The topological polar surface area (TPSA) is 82.3 Å². The van der Waals surface area contributed by atoms with E-state index in [9.17, 15) is 13.2 Å². The summed E-state index contributed by atoms with van der Waals surface area (Å²) < 4.78 is 27.2. The number of rotatable bonds is 4. The van der Waals surface area contributed by atoms with Gasteiger partial charge in [0.1, 0.15) is 0 Å². The molecule has 0 spiro atoms. The van der Waals surface area contributed by atoms with Crippen molar-refractivity contribution in [3.8, 4) is 0 Å². The number of sulfonamides is 1. The highest BCUT2D eigenvalue weighted by Gasteiger charge is 2.30. The third kappa shape index (κ3) is 3.80. The van der Waals surface area contributed by atoms with Crippen LogP contribution < -0.4 is 5.32 Å². The Balaban J connectivity index is 1.43. The normalized spacial score (nSPS) is 16.2. The van der Waals surface area contributed by atoms with E-state index in [0.717, 1.165) is 22.2 Å². The summed E-state index contributed by atoms with van der Waals surface area (Å²) in [6.07, 6.45) is 1.19. The lowest BCUT2D eigenvalue weighted by Gasteiger charge is -2.31. The average Bonchev–Trinajstić information content (AvgIpc) is 3.04. The van der Waals surface area contributed by atoms with E-state index in [1.165, 1.54) is 4.31 Å². The second-order valence-electron chi connectivity index (χ2n) is 7.64. The quantitative estimate of drug-likeness (QED) is 0.691. The standard InChI is InChI=1S/C22H25N3O3S/c1-15-7-9-18(10-8-15)29(27,28)25-13-11-17(12-14-25)24-22(26)21-16(2)23-20-6-4-3-5-19(20)21/h3-10,17,23H,11-14H2,1-2H3,(H,24,26). The fraction of sp³-hybridized carbons (Fsp3) is 0.318.